The Hall–Kier alpha value is -3.84. The molecule has 0 aliphatic heterocycles. The Balaban J connectivity index is 1.82. The van der Waals surface area contributed by atoms with Gasteiger partial charge in [0, 0.05) is 0 Å². The van der Waals surface area contributed by atoms with Crippen LogP contribution in [0.5, 0.6) is 11.5 Å². The minimum Gasteiger partial charge on any atom is -0.497 e. The van der Waals surface area contributed by atoms with Gasteiger partial charge in [0.15, 0.2) is 0 Å². The number of carbonyl (C=O) groups is 1. The predicted octanol–water partition coefficient (Wildman–Crippen LogP) is 4.98. The maximum atomic E-state index is 12.3. The molecule has 0 aromatic heterocycles. The van der Waals surface area contributed by atoms with E-state index < -0.39 is 5.97 Å². The number of allylic oxidation sites excluding steroid dienone is 1. The Bertz CT molecular complexity index is 1020. The third-order valence-electron chi connectivity index (χ3n) is 3.89. The maximum Gasteiger partial charge on any atom is 0.343 e. The van der Waals surface area contributed by atoms with Crippen molar-refractivity contribution in [2.75, 3.05) is 7.11 Å². The number of hydrogen-bond donors (Lipinski definition) is 0. The van der Waals surface area contributed by atoms with Crippen LogP contribution in [0.1, 0.15) is 21.5 Å². The Morgan fingerprint density at radius 3 is 2.33 bits per heavy atom. The zero-order valence-corrected chi connectivity index (χ0v) is 14.8. The molecule has 0 amide bonds. The smallest absolute Gasteiger partial charge is 0.343 e. The highest BCUT2D eigenvalue weighted by molar-refractivity contribution is 5.92. The fourth-order valence-corrected chi connectivity index (χ4v) is 2.55. The van der Waals surface area contributed by atoms with E-state index in [1.54, 1.807) is 55.7 Å². The third kappa shape index (κ3) is 4.62. The minimum absolute atomic E-state index is 0.400. The highest BCUT2D eigenvalue weighted by Gasteiger charge is 2.10. The fraction of sp³-hybridized carbons (Fsp3) is 0.0435. The van der Waals surface area contributed by atoms with E-state index in [9.17, 15) is 10.1 Å². The molecule has 3 rings (SSSR count). The number of methoxy groups -OCH3 is 1. The van der Waals surface area contributed by atoms with Gasteiger partial charge >= 0.3 is 5.97 Å². The Morgan fingerprint density at radius 2 is 1.59 bits per heavy atom. The molecule has 0 unspecified atom stereocenters. The summed E-state index contributed by atoms with van der Waals surface area (Å²) in [6.07, 6.45) is 1.76. The van der Waals surface area contributed by atoms with Crippen LogP contribution in [0.3, 0.4) is 0 Å². The molecule has 0 atom stereocenters. The van der Waals surface area contributed by atoms with E-state index in [1.165, 1.54) is 0 Å². The molecule has 132 valence electrons. The summed E-state index contributed by atoms with van der Waals surface area (Å²) in [6.45, 7) is 0. The maximum absolute atomic E-state index is 12.3. The molecule has 0 saturated heterocycles. The van der Waals surface area contributed by atoms with Crippen LogP contribution in [0.2, 0.25) is 0 Å². The standard InChI is InChI=1S/C23H17NO3/c1-26-21-11-6-10-19(15-21)23(25)27-22-12-5-7-17(14-22)13-20(16-24)18-8-3-2-4-9-18/h2-15H,1H3/b20-13-. The van der Waals surface area contributed by atoms with Crippen LogP contribution < -0.4 is 9.47 Å². The topological polar surface area (TPSA) is 59.3 Å². The van der Waals surface area contributed by atoms with Gasteiger partial charge in [-0.05, 0) is 47.5 Å². The van der Waals surface area contributed by atoms with E-state index in [-0.39, 0.29) is 0 Å². The zero-order valence-electron chi connectivity index (χ0n) is 14.8. The number of carbonyl (C=O) groups excluding carboxylic acids is 1. The summed E-state index contributed by atoms with van der Waals surface area (Å²) < 4.78 is 10.6. The van der Waals surface area contributed by atoms with Crippen LogP contribution in [0.4, 0.5) is 0 Å². The summed E-state index contributed by atoms with van der Waals surface area (Å²) in [6, 6.07) is 25.4. The summed E-state index contributed by atoms with van der Waals surface area (Å²) in [5, 5.41) is 9.44. The molecular weight excluding hydrogens is 338 g/mol. The van der Waals surface area contributed by atoms with Crippen molar-refractivity contribution in [2.24, 2.45) is 0 Å². The first-order valence-electron chi connectivity index (χ1n) is 8.33. The van der Waals surface area contributed by atoms with Crippen molar-refractivity contribution in [3.05, 3.63) is 95.6 Å². The zero-order chi connectivity index (χ0) is 19.1. The Morgan fingerprint density at radius 1 is 0.889 bits per heavy atom. The van der Waals surface area contributed by atoms with Gasteiger partial charge in [-0.2, -0.15) is 5.26 Å². The van der Waals surface area contributed by atoms with E-state index in [2.05, 4.69) is 6.07 Å². The molecule has 0 spiro atoms. The van der Waals surface area contributed by atoms with E-state index in [0.717, 1.165) is 11.1 Å². The highest BCUT2D eigenvalue weighted by atomic mass is 16.5. The van der Waals surface area contributed by atoms with Crippen molar-refractivity contribution in [2.45, 2.75) is 0 Å². The summed E-state index contributed by atoms with van der Waals surface area (Å²) in [5.41, 5.74) is 2.54. The molecule has 0 radical (unpaired) electrons. The molecule has 0 N–H and O–H groups in total. The van der Waals surface area contributed by atoms with Crippen LogP contribution >= 0.6 is 0 Å². The molecule has 3 aromatic carbocycles. The van der Waals surface area contributed by atoms with Gasteiger partial charge in [0.05, 0.1) is 24.3 Å². The van der Waals surface area contributed by atoms with Gasteiger partial charge in [-0.1, -0.05) is 48.5 Å². The first-order chi connectivity index (χ1) is 13.2. The van der Waals surface area contributed by atoms with Gasteiger partial charge in [0.2, 0.25) is 0 Å². The van der Waals surface area contributed by atoms with Crippen LogP contribution in [0, 0.1) is 11.3 Å². The summed E-state index contributed by atoms with van der Waals surface area (Å²) in [4.78, 5) is 12.3. The van der Waals surface area contributed by atoms with Crippen LogP contribution in [0.25, 0.3) is 11.6 Å². The monoisotopic (exact) mass is 355 g/mol. The lowest BCUT2D eigenvalue weighted by Gasteiger charge is -2.07. The molecule has 3 aromatic rings. The van der Waals surface area contributed by atoms with Crippen LogP contribution in [0.15, 0.2) is 78.9 Å². The van der Waals surface area contributed by atoms with Gasteiger partial charge in [-0.25, -0.2) is 4.79 Å². The number of esters is 1. The third-order valence-corrected chi connectivity index (χ3v) is 3.89. The molecule has 0 aliphatic carbocycles. The summed E-state index contributed by atoms with van der Waals surface area (Å²) >= 11 is 0. The number of hydrogen-bond acceptors (Lipinski definition) is 4. The second kappa shape index (κ2) is 8.50. The minimum atomic E-state index is -0.474. The largest absolute Gasteiger partial charge is 0.497 e. The molecular formula is C23H17NO3. The summed E-state index contributed by atoms with van der Waals surface area (Å²) in [5.74, 6) is 0.517. The van der Waals surface area contributed by atoms with Crippen molar-refractivity contribution >= 4 is 17.6 Å². The molecule has 0 fully saturated rings. The highest BCUT2D eigenvalue weighted by Crippen LogP contribution is 2.22. The number of nitriles is 1. The summed E-state index contributed by atoms with van der Waals surface area (Å²) in [7, 11) is 1.54. The van der Waals surface area contributed by atoms with E-state index >= 15 is 0 Å². The average molecular weight is 355 g/mol. The fourth-order valence-electron chi connectivity index (χ4n) is 2.55. The van der Waals surface area contributed by atoms with Gasteiger partial charge in [0.1, 0.15) is 11.5 Å². The van der Waals surface area contributed by atoms with Crippen molar-refractivity contribution in [1.29, 1.82) is 5.26 Å². The van der Waals surface area contributed by atoms with Crippen molar-refractivity contribution < 1.29 is 14.3 Å². The lowest BCUT2D eigenvalue weighted by atomic mass is 10.0. The van der Waals surface area contributed by atoms with Crippen LogP contribution in [-0.4, -0.2) is 13.1 Å². The number of nitrogens with zero attached hydrogens (tertiary/aromatic N) is 1. The molecule has 0 aliphatic rings. The lowest BCUT2D eigenvalue weighted by Crippen LogP contribution is -2.08. The van der Waals surface area contributed by atoms with Gasteiger partial charge in [-0.3, -0.25) is 0 Å². The average Bonchev–Trinajstić information content (AvgIpc) is 2.73. The van der Waals surface area contributed by atoms with Gasteiger partial charge in [0.25, 0.3) is 0 Å². The predicted molar refractivity (Wildman–Crippen MR) is 104 cm³/mol. The second-order valence-corrected chi connectivity index (χ2v) is 5.73. The molecule has 27 heavy (non-hydrogen) atoms. The Kier molecular flexibility index (Phi) is 5.66. The SMILES string of the molecule is COc1cccc(C(=O)Oc2cccc(/C=C(/C#N)c3ccccc3)c2)c1. The van der Waals surface area contributed by atoms with E-state index in [0.29, 0.717) is 22.6 Å². The van der Waals surface area contributed by atoms with E-state index in [4.69, 9.17) is 9.47 Å². The molecule has 0 saturated carbocycles. The van der Waals surface area contributed by atoms with Crippen molar-refractivity contribution in [3.63, 3.8) is 0 Å². The van der Waals surface area contributed by atoms with Gasteiger partial charge in [-0.15, -0.1) is 0 Å². The van der Waals surface area contributed by atoms with Crippen molar-refractivity contribution in [1.82, 2.24) is 0 Å². The second-order valence-electron chi connectivity index (χ2n) is 5.73. The number of benzene rings is 3. The van der Waals surface area contributed by atoms with Crippen LogP contribution in [-0.2, 0) is 0 Å². The Labute approximate surface area is 157 Å². The van der Waals surface area contributed by atoms with E-state index in [1.807, 2.05) is 36.4 Å². The first-order valence-corrected chi connectivity index (χ1v) is 8.33. The number of rotatable bonds is 5. The lowest BCUT2D eigenvalue weighted by molar-refractivity contribution is 0.0734. The van der Waals surface area contributed by atoms with Gasteiger partial charge < -0.3 is 9.47 Å². The molecule has 0 bridgehead atoms. The molecule has 0 heterocycles. The first kappa shape index (κ1) is 18.0. The molecule has 4 nitrogen and oxygen atoms in total. The quantitative estimate of drug-likeness (QED) is 0.280. The normalized spacial score (nSPS) is 10.7. The number of ether oxygens (including phenoxy) is 2. The van der Waals surface area contributed by atoms with Crippen molar-refractivity contribution in [3.8, 4) is 17.6 Å². The molecule has 4 heteroatoms.